The van der Waals surface area contributed by atoms with Gasteiger partial charge in [0.1, 0.15) is 0 Å². The van der Waals surface area contributed by atoms with E-state index in [1.807, 2.05) is 37.3 Å². The zero-order valence-corrected chi connectivity index (χ0v) is 10.6. The van der Waals surface area contributed by atoms with Crippen LogP contribution in [-0.2, 0) is 9.53 Å². The van der Waals surface area contributed by atoms with Crippen LogP contribution >= 0.6 is 0 Å². The van der Waals surface area contributed by atoms with Gasteiger partial charge in [-0.25, -0.2) is 0 Å². The van der Waals surface area contributed by atoms with Crippen molar-refractivity contribution >= 4 is 22.0 Å². The first-order valence-electron chi connectivity index (χ1n) is 5.20. The molecule has 0 saturated carbocycles. The van der Waals surface area contributed by atoms with Crippen LogP contribution in [0.5, 0.6) is 0 Å². The van der Waals surface area contributed by atoms with Gasteiger partial charge in [0.2, 0.25) is 0 Å². The normalized spacial score (nSPS) is 31.2. The third-order valence-corrected chi connectivity index (χ3v) is 4.29. The number of hydrogen-bond donors (Lipinski definition) is 1. The summed E-state index contributed by atoms with van der Waals surface area (Å²) in [5, 5.41) is 10.2. The minimum absolute atomic E-state index is 0.0808. The fourth-order valence-electron chi connectivity index (χ4n) is 1.92. The Morgan fingerprint density at radius 3 is 2.50 bits per heavy atom. The Bertz CT molecular complexity index is 379. The van der Waals surface area contributed by atoms with E-state index in [4.69, 9.17) is 4.74 Å². The van der Waals surface area contributed by atoms with Crippen molar-refractivity contribution in [2.75, 3.05) is 0 Å². The van der Waals surface area contributed by atoms with Crippen molar-refractivity contribution in [2.45, 2.75) is 23.9 Å². The zero-order chi connectivity index (χ0) is 11.7. The Labute approximate surface area is 103 Å². The molecule has 1 aromatic rings. The Balaban J connectivity index is 2.22. The van der Waals surface area contributed by atoms with Gasteiger partial charge in [0.05, 0.1) is 0 Å². The molecule has 85 valence electrons. The van der Waals surface area contributed by atoms with Crippen LogP contribution < -0.4 is 0 Å². The van der Waals surface area contributed by atoms with Crippen molar-refractivity contribution < 1.29 is 14.6 Å². The number of aliphatic hydroxyl groups is 1. The van der Waals surface area contributed by atoms with Crippen LogP contribution in [-0.4, -0.2) is 33.2 Å². The molecule has 16 heavy (non-hydrogen) atoms. The van der Waals surface area contributed by atoms with Gasteiger partial charge >= 0.3 is 102 Å². The van der Waals surface area contributed by atoms with Gasteiger partial charge in [-0.2, -0.15) is 0 Å². The van der Waals surface area contributed by atoms with E-state index < -0.39 is 12.0 Å². The van der Waals surface area contributed by atoms with E-state index in [-0.39, 0.29) is 16.9 Å². The first kappa shape index (κ1) is 11.6. The summed E-state index contributed by atoms with van der Waals surface area (Å²) in [7, 11) is 0. The second-order valence-electron chi connectivity index (χ2n) is 3.99. The Morgan fingerprint density at radius 1 is 1.38 bits per heavy atom. The maximum absolute atomic E-state index is 11.6. The summed E-state index contributed by atoms with van der Waals surface area (Å²) < 4.78 is 5.10. The summed E-state index contributed by atoms with van der Waals surface area (Å²) in [6, 6.07) is 9.19. The summed E-state index contributed by atoms with van der Waals surface area (Å²) in [6.07, 6.45) is -0.972. The Kier molecular flexibility index (Phi) is 3.33. The van der Waals surface area contributed by atoms with Gasteiger partial charge in [0.15, 0.2) is 0 Å². The number of carbonyl (C=O) groups excluding carboxylic acids is 1. The second kappa shape index (κ2) is 4.58. The zero-order valence-electron chi connectivity index (χ0n) is 8.87. The number of ether oxygens (including phenoxy) is 1. The molecule has 4 atom stereocenters. The summed E-state index contributed by atoms with van der Waals surface area (Å²) in [5.41, 5.74) is 0.749. The van der Waals surface area contributed by atoms with Crippen molar-refractivity contribution in [1.82, 2.24) is 0 Å². The van der Waals surface area contributed by atoms with E-state index >= 15 is 0 Å². The number of cyclic esters (lactones) is 1. The van der Waals surface area contributed by atoms with E-state index in [0.29, 0.717) is 0 Å². The first-order valence-corrected chi connectivity index (χ1v) is 6.19. The number of aliphatic hydroxyl groups excluding tert-OH is 1. The fourth-order valence-corrected chi connectivity index (χ4v) is 2.58. The minimum atomic E-state index is -0.801. The van der Waals surface area contributed by atoms with E-state index in [0.717, 1.165) is 5.56 Å². The molecule has 0 amide bonds. The molecule has 1 aromatic carbocycles. The number of benzene rings is 1. The Morgan fingerprint density at radius 2 is 2.00 bits per heavy atom. The summed E-state index contributed by atoms with van der Waals surface area (Å²) in [4.78, 5) is 11.5. The average molecular weight is 284 g/mol. The molecular formula is C12H13O3Se. The molecule has 1 heterocycles. The molecule has 2 rings (SSSR count). The van der Waals surface area contributed by atoms with Gasteiger partial charge in [-0.15, -0.1) is 0 Å². The van der Waals surface area contributed by atoms with Crippen LogP contribution in [0.3, 0.4) is 0 Å². The molecule has 4 heteroatoms. The van der Waals surface area contributed by atoms with E-state index in [1.165, 1.54) is 0 Å². The Hall–Kier alpha value is -0.831. The molecule has 1 aliphatic rings. The van der Waals surface area contributed by atoms with Crippen molar-refractivity contribution in [3.63, 3.8) is 0 Å². The van der Waals surface area contributed by atoms with Crippen LogP contribution in [0.1, 0.15) is 18.6 Å². The van der Waals surface area contributed by atoms with E-state index in [1.54, 1.807) is 0 Å². The predicted molar refractivity (Wildman–Crippen MR) is 59.9 cm³/mol. The molecule has 1 radical (unpaired) electrons. The molecule has 4 unspecified atom stereocenters. The second-order valence-corrected chi connectivity index (χ2v) is 5.13. The van der Waals surface area contributed by atoms with Crippen LogP contribution in [0.2, 0.25) is 4.82 Å². The number of esters is 1. The first-order chi connectivity index (χ1) is 7.61. The number of carbonyl (C=O) groups is 1. The van der Waals surface area contributed by atoms with Gasteiger partial charge in [-0.3, -0.25) is 0 Å². The third-order valence-electron chi connectivity index (χ3n) is 2.87. The molecular weight excluding hydrogens is 271 g/mol. The van der Waals surface area contributed by atoms with Gasteiger partial charge in [0.25, 0.3) is 0 Å². The van der Waals surface area contributed by atoms with Crippen molar-refractivity contribution in [1.29, 1.82) is 0 Å². The maximum atomic E-state index is 11.6. The summed E-state index contributed by atoms with van der Waals surface area (Å²) >= 11 is 2.91. The van der Waals surface area contributed by atoms with Crippen LogP contribution in [0, 0.1) is 5.92 Å². The van der Waals surface area contributed by atoms with Gasteiger partial charge in [-0.05, 0) is 0 Å². The quantitative estimate of drug-likeness (QED) is 0.656. The van der Waals surface area contributed by atoms with Crippen molar-refractivity contribution in [3.8, 4) is 0 Å². The molecule has 3 nitrogen and oxygen atoms in total. The fraction of sp³-hybridized carbons (Fsp3) is 0.417. The van der Waals surface area contributed by atoms with Gasteiger partial charge in [-0.1, -0.05) is 0 Å². The molecule has 0 aliphatic carbocycles. The molecule has 0 bridgehead atoms. The molecule has 1 fully saturated rings. The van der Waals surface area contributed by atoms with Crippen LogP contribution in [0.25, 0.3) is 0 Å². The standard InChI is InChI=1S/C12H13O3Se/c1-7-11(16)9(12(14)15-7)10(13)8-5-3-2-4-6-8/h2-7,9-11,13H,1H3. The number of hydrogen-bond acceptors (Lipinski definition) is 3. The SMILES string of the molecule is CC1OC(=O)C(C(O)c2ccccc2)C1[Se]. The van der Waals surface area contributed by atoms with Gasteiger partial charge in [0, 0.05) is 0 Å². The molecule has 1 saturated heterocycles. The molecule has 0 spiro atoms. The molecule has 0 aromatic heterocycles. The number of rotatable bonds is 2. The third kappa shape index (κ3) is 2.01. The average Bonchev–Trinajstić information content (AvgIpc) is 2.54. The van der Waals surface area contributed by atoms with E-state index in [2.05, 4.69) is 16.0 Å². The van der Waals surface area contributed by atoms with Crippen molar-refractivity contribution in [3.05, 3.63) is 35.9 Å². The molecule has 1 aliphatic heterocycles. The predicted octanol–water partition coefficient (Wildman–Crippen LogP) is 1.24. The van der Waals surface area contributed by atoms with Crippen LogP contribution in [0.4, 0.5) is 0 Å². The summed E-state index contributed by atoms with van der Waals surface area (Å²) in [5.74, 6) is -0.829. The monoisotopic (exact) mass is 285 g/mol. The van der Waals surface area contributed by atoms with Gasteiger partial charge < -0.3 is 0 Å². The summed E-state index contributed by atoms with van der Waals surface area (Å²) in [6.45, 7) is 1.83. The van der Waals surface area contributed by atoms with E-state index in [9.17, 15) is 9.90 Å². The topological polar surface area (TPSA) is 46.5 Å². The molecule has 1 N–H and O–H groups in total. The van der Waals surface area contributed by atoms with Crippen LogP contribution in [0.15, 0.2) is 30.3 Å². The van der Waals surface area contributed by atoms with Crippen molar-refractivity contribution in [2.24, 2.45) is 5.92 Å².